The first-order valence-electron chi connectivity index (χ1n) is 6.33. The van der Waals surface area contributed by atoms with Crippen LogP contribution in [0.4, 0.5) is 0 Å². The average molecular weight is 286 g/mol. The van der Waals surface area contributed by atoms with Crippen molar-refractivity contribution in [2.45, 2.75) is 38.6 Å². The van der Waals surface area contributed by atoms with Crippen LogP contribution in [0.1, 0.15) is 53.2 Å². The van der Waals surface area contributed by atoms with Gasteiger partial charge in [0, 0.05) is 11.6 Å². The molecule has 0 heterocycles. The minimum Gasteiger partial charge on any atom is -0.507 e. The number of rotatable bonds is 3. The maximum absolute atomic E-state index is 11.2. The molecule has 0 aliphatic heterocycles. The number of carbonyl (C=O) groups is 1. The average Bonchev–Trinajstić information content (AvgIpc) is 2.84. The number of nitrogens with two attached hydrogens (primary N) is 1. The number of aromatic carboxylic acids is 1. The molecule has 4 nitrogen and oxygen atoms in total. The van der Waals surface area contributed by atoms with Crippen LogP contribution in [0.2, 0.25) is 0 Å². The van der Waals surface area contributed by atoms with E-state index in [0.717, 1.165) is 25.7 Å². The van der Waals surface area contributed by atoms with Crippen molar-refractivity contribution >= 4 is 18.4 Å². The molecular formula is C14H20ClNO3. The van der Waals surface area contributed by atoms with E-state index in [-0.39, 0.29) is 29.6 Å². The first-order valence-corrected chi connectivity index (χ1v) is 6.33. The summed E-state index contributed by atoms with van der Waals surface area (Å²) in [5.74, 6) is -0.723. The van der Waals surface area contributed by atoms with Crippen molar-refractivity contribution in [1.82, 2.24) is 0 Å². The van der Waals surface area contributed by atoms with Crippen LogP contribution in [0.25, 0.3) is 0 Å². The smallest absolute Gasteiger partial charge is 0.336 e. The number of hydrogen-bond acceptors (Lipinski definition) is 3. The molecule has 1 aromatic carbocycles. The van der Waals surface area contributed by atoms with Gasteiger partial charge in [0.2, 0.25) is 0 Å². The zero-order chi connectivity index (χ0) is 13.3. The van der Waals surface area contributed by atoms with E-state index < -0.39 is 12.0 Å². The van der Waals surface area contributed by atoms with Crippen molar-refractivity contribution < 1.29 is 15.0 Å². The lowest BCUT2D eigenvalue weighted by atomic mass is 9.87. The SMILES string of the molecule is Cc1ccc(C(=O)O)c([C@H](N)C2CCCC2)c1O.Cl. The molecule has 2 rings (SSSR count). The third-order valence-corrected chi connectivity index (χ3v) is 3.89. The normalized spacial score (nSPS) is 16.9. The predicted octanol–water partition coefficient (Wildman–Crippen LogP) is 3.01. The largest absolute Gasteiger partial charge is 0.507 e. The van der Waals surface area contributed by atoms with E-state index in [9.17, 15) is 15.0 Å². The Labute approximate surface area is 119 Å². The van der Waals surface area contributed by atoms with E-state index in [4.69, 9.17) is 5.73 Å². The highest BCUT2D eigenvalue weighted by molar-refractivity contribution is 5.90. The van der Waals surface area contributed by atoms with E-state index in [1.165, 1.54) is 6.07 Å². The van der Waals surface area contributed by atoms with Gasteiger partial charge in [0.15, 0.2) is 0 Å². The Morgan fingerprint density at radius 1 is 1.37 bits per heavy atom. The molecule has 0 aromatic heterocycles. The van der Waals surface area contributed by atoms with Crippen molar-refractivity contribution in [2.75, 3.05) is 0 Å². The molecule has 19 heavy (non-hydrogen) atoms. The molecule has 5 heteroatoms. The standard InChI is InChI=1S/C14H19NO3.ClH/c1-8-6-7-10(14(17)18)11(13(8)16)12(15)9-4-2-3-5-9;/h6-7,9,12,16H,2-5,15H2,1H3,(H,17,18);1H/t12-;/m1./s1. The van der Waals surface area contributed by atoms with Gasteiger partial charge in [-0.2, -0.15) is 0 Å². The molecule has 0 spiro atoms. The third-order valence-electron chi connectivity index (χ3n) is 3.89. The van der Waals surface area contributed by atoms with Gasteiger partial charge < -0.3 is 15.9 Å². The number of aryl methyl sites for hydroxylation is 1. The van der Waals surface area contributed by atoms with E-state index in [1.54, 1.807) is 13.0 Å². The molecule has 1 aromatic rings. The molecule has 0 radical (unpaired) electrons. The number of benzene rings is 1. The van der Waals surface area contributed by atoms with E-state index in [1.807, 2.05) is 0 Å². The van der Waals surface area contributed by atoms with Crippen LogP contribution in [-0.4, -0.2) is 16.2 Å². The number of carboxylic acid groups (broad SMARTS) is 1. The van der Waals surface area contributed by atoms with Gasteiger partial charge in [0.1, 0.15) is 5.75 Å². The van der Waals surface area contributed by atoms with Crippen molar-refractivity contribution in [1.29, 1.82) is 0 Å². The molecule has 1 aliphatic rings. The number of hydrogen-bond donors (Lipinski definition) is 3. The first kappa shape index (κ1) is 15.8. The topological polar surface area (TPSA) is 83.5 Å². The molecule has 1 fully saturated rings. The molecule has 1 aliphatic carbocycles. The first-order chi connectivity index (χ1) is 8.52. The number of halogens is 1. The summed E-state index contributed by atoms with van der Waals surface area (Å²) in [6.45, 7) is 1.76. The van der Waals surface area contributed by atoms with Gasteiger partial charge in [-0.05, 0) is 37.3 Å². The number of phenols is 1. The highest BCUT2D eigenvalue weighted by Crippen LogP contribution is 2.39. The summed E-state index contributed by atoms with van der Waals surface area (Å²) in [7, 11) is 0. The maximum Gasteiger partial charge on any atom is 0.336 e. The molecule has 0 bridgehead atoms. The summed E-state index contributed by atoms with van der Waals surface area (Å²) in [5.41, 5.74) is 7.38. The van der Waals surface area contributed by atoms with Gasteiger partial charge in [-0.15, -0.1) is 12.4 Å². The van der Waals surface area contributed by atoms with E-state index in [0.29, 0.717) is 11.1 Å². The van der Waals surface area contributed by atoms with Crippen molar-refractivity contribution in [2.24, 2.45) is 11.7 Å². The fourth-order valence-electron chi connectivity index (χ4n) is 2.79. The minimum atomic E-state index is -1.03. The fourth-order valence-corrected chi connectivity index (χ4v) is 2.79. The molecule has 0 unspecified atom stereocenters. The molecule has 0 amide bonds. The second kappa shape index (κ2) is 6.26. The molecular weight excluding hydrogens is 266 g/mol. The zero-order valence-electron chi connectivity index (χ0n) is 10.9. The summed E-state index contributed by atoms with van der Waals surface area (Å²) in [4.78, 5) is 11.2. The van der Waals surface area contributed by atoms with Crippen LogP contribution in [0.15, 0.2) is 12.1 Å². The van der Waals surface area contributed by atoms with Gasteiger partial charge >= 0.3 is 5.97 Å². The fraction of sp³-hybridized carbons (Fsp3) is 0.500. The van der Waals surface area contributed by atoms with Crippen molar-refractivity contribution in [3.8, 4) is 5.75 Å². The summed E-state index contributed by atoms with van der Waals surface area (Å²) in [6.07, 6.45) is 4.28. The Hall–Kier alpha value is -1.26. The monoisotopic (exact) mass is 285 g/mol. The number of carboxylic acids is 1. The summed E-state index contributed by atoms with van der Waals surface area (Å²) >= 11 is 0. The van der Waals surface area contributed by atoms with Crippen LogP contribution in [0.3, 0.4) is 0 Å². The Kier molecular flexibility index (Phi) is 5.20. The Morgan fingerprint density at radius 2 is 1.95 bits per heavy atom. The Morgan fingerprint density at radius 3 is 2.47 bits per heavy atom. The van der Waals surface area contributed by atoms with Gasteiger partial charge in [-0.1, -0.05) is 18.9 Å². The maximum atomic E-state index is 11.2. The Balaban J connectivity index is 0.00000180. The van der Waals surface area contributed by atoms with Gasteiger partial charge in [0.25, 0.3) is 0 Å². The summed E-state index contributed by atoms with van der Waals surface area (Å²) in [6, 6.07) is 2.75. The van der Waals surface area contributed by atoms with Crippen molar-refractivity contribution in [3.05, 3.63) is 28.8 Å². The van der Waals surface area contributed by atoms with E-state index >= 15 is 0 Å². The molecule has 1 atom stereocenters. The number of phenolic OH excluding ortho intramolecular Hbond substituents is 1. The second-order valence-electron chi connectivity index (χ2n) is 5.07. The molecule has 4 N–H and O–H groups in total. The van der Waals surface area contributed by atoms with Crippen LogP contribution < -0.4 is 5.73 Å². The minimum absolute atomic E-state index is 0. The molecule has 106 valence electrons. The van der Waals surface area contributed by atoms with Crippen molar-refractivity contribution in [3.63, 3.8) is 0 Å². The zero-order valence-corrected chi connectivity index (χ0v) is 11.7. The van der Waals surface area contributed by atoms with Crippen LogP contribution in [0, 0.1) is 12.8 Å². The lowest BCUT2D eigenvalue weighted by Crippen LogP contribution is -2.22. The van der Waals surface area contributed by atoms with Gasteiger partial charge in [-0.3, -0.25) is 0 Å². The van der Waals surface area contributed by atoms with E-state index in [2.05, 4.69) is 0 Å². The molecule has 0 saturated heterocycles. The lowest BCUT2D eigenvalue weighted by molar-refractivity contribution is 0.0694. The number of aromatic hydroxyl groups is 1. The summed E-state index contributed by atoms with van der Waals surface area (Å²) < 4.78 is 0. The second-order valence-corrected chi connectivity index (χ2v) is 5.07. The highest BCUT2D eigenvalue weighted by atomic mass is 35.5. The van der Waals surface area contributed by atoms with Crippen LogP contribution >= 0.6 is 12.4 Å². The lowest BCUT2D eigenvalue weighted by Gasteiger charge is -2.22. The van der Waals surface area contributed by atoms with Gasteiger partial charge in [0.05, 0.1) is 5.56 Å². The van der Waals surface area contributed by atoms with Crippen LogP contribution in [-0.2, 0) is 0 Å². The highest BCUT2D eigenvalue weighted by Gasteiger charge is 2.29. The van der Waals surface area contributed by atoms with Gasteiger partial charge in [-0.25, -0.2) is 4.79 Å². The quantitative estimate of drug-likeness (QED) is 0.797. The molecule has 1 saturated carbocycles. The summed E-state index contributed by atoms with van der Waals surface area (Å²) in [5, 5.41) is 19.3. The third kappa shape index (κ3) is 3.01. The van der Waals surface area contributed by atoms with Crippen LogP contribution in [0.5, 0.6) is 5.75 Å². The predicted molar refractivity (Wildman–Crippen MR) is 75.9 cm³/mol. The Bertz CT molecular complexity index is 470.